The molecule has 0 amide bonds. The summed E-state index contributed by atoms with van der Waals surface area (Å²) in [7, 11) is 0. The van der Waals surface area contributed by atoms with E-state index in [1.807, 2.05) is 6.20 Å². The molecule has 1 N–H and O–H groups in total. The Hall–Kier alpha value is -1.19. The lowest BCUT2D eigenvalue weighted by Crippen LogP contribution is -2.18. The number of pyridine rings is 1. The van der Waals surface area contributed by atoms with Crippen molar-refractivity contribution in [1.82, 2.24) is 10.3 Å². The fourth-order valence-corrected chi connectivity index (χ4v) is 1.99. The van der Waals surface area contributed by atoms with E-state index >= 15 is 0 Å². The largest absolute Gasteiger partial charge is 0.305 e. The van der Waals surface area contributed by atoms with E-state index in [-0.39, 0.29) is 0 Å². The third-order valence-electron chi connectivity index (χ3n) is 2.93. The number of hydrogen-bond donors (Lipinski definition) is 1. The SMILES string of the molecule is Cc1ccc(CNC(C)c2ccc(Br)cc2)nc1. The molecule has 94 valence electrons. The van der Waals surface area contributed by atoms with Crippen LogP contribution < -0.4 is 5.32 Å². The quantitative estimate of drug-likeness (QED) is 0.923. The van der Waals surface area contributed by atoms with Gasteiger partial charge < -0.3 is 5.32 Å². The Morgan fingerprint density at radius 3 is 2.50 bits per heavy atom. The molecule has 0 aliphatic carbocycles. The molecule has 0 spiro atoms. The zero-order valence-electron chi connectivity index (χ0n) is 10.7. The minimum Gasteiger partial charge on any atom is -0.305 e. The van der Waals surface area contributed by atoms with Crippen molar-refractivity contribution in [2.24, 2.45) is 0 Å². The molecular weight excluding hydrogens is 288 g/mol. The van der Waals surface area contributed by atoms with E-state index in [0.29, 0.717) is 6.04 Å². The summed E-state index contributed by atoms with van der Waals surface area (Å²) in [5.41, 5.74) is 3.55. The van der Waals surface area contributed by atoms with Crippen LogP contribution in [0, 0.1) is 6.92 Å². The number of aryl methyl sites for hydroxylation is 1. The Kier molecular flexibility index (Phi) is 4.50. The molecule has 1 aromatic carbocycles. The van der Waals surface area contributed by atoms with Gasteiger partial charge in [0.15, 0.2) is 0 Å². The first-order chi connectivity index (χ1) is 8.65. The van der Waals surface area contributed by atoms with Crippen LogP contribution >= 0.6 is 15.9 Å². The Morgan fingerprint density at radius 2 is 1.89 bits per heavy atom. The summed E-state index contributed by atoms with van der Waals surface area (Å²) >= 11 is 3.45. The van der Waals surface area contributed by atoms with E-state index in [4.69, 9.17) is 0 Å². The molecule has 0 aliphatic heterocycles. The molecule has 1 heterocycles. The summed E-state index contributed by atoms with van der Waals surface area (Å²) in [6, 6.07) is 12.9. The minimum atomic E-state index is 0.321. The number of rotatable bonds is 4. The van der Waals surface area contributed by atoms with Crippen molar-refractivity contribution in [3.8, 4) is 0 Å². The maximum atomic E-state index is 4.39. The number of nitrogens with zero attached hydrogens (tertiary/aromatic N) is 1. The number of hydrogen-bond acceptors (Lipinski definition) is 2. The highest BCUT2D eigenvalue weighted by atomic mass is 79.9. The Labute approximate surface area is 117 Å². The van der Waals surface area contributed by atoms with E-state index in [9.17, 15) is 0 Å². The van der Waals surface area contributed by atoms with Crippen LogP contribution in [0.2, 0.25) is 0 Å². The maximum absolute atomic E-state index is 4.39. The normalized spacial score (nSPS) is 12.4. The van der Waals surface area contributed by atoms with Crippen molar-refractivity contribution in [3.05, 3.63) is 63.9 Å². The summed E-state index contributed by atoms with van der Waals surface area (Å²) in [6.07, 6.45) is 1.90. The van der Waals surface area contributed by atoms with Gasteiger partial charge in [-0.15, -0.1) is 0 Å². The molecule has 2 aromatic rings. The molecule has 1 atom stereocenters. The zero-order valence-corrected chi connectivity index (χ0v) is 12.2. The number of aromatic nitrogens is 1. The van der Waals surface area contributed by atoms with Gasteiger partial charge >= 0.3 is 0 Å². The van der Waals surface area contributed by atoms with Gasteiger partial charge in [-0.1, -0.05) is 34.1 Å². The van der Waals surface area contributed by atoms with E-state index in [1.165, 1.54) is 11.1 Å². The molecule has 0 radical (unpaired) electrons. The minimum absolute atomic E-state index is 0.321. The highest BCUT2D eigenvalue weighted by Gasteiger charge is 2.04. The van der Waals surface area contributed by atoms with Crippen molar-refractivity contribution < 1.29 is 0 Å². The number of halogens is 1. The molecule has 3 heteroatoms. The fourth-order valence-electron chi connectivity index (χ4n) is 1.73. The first-order valence-corrected chi connectivity index (χ1v) is 6.85. The molecule has 0 saturated heterocycles. The van der Waals surface area contributed by atoms with E-state index in [1.54, 1.807) is 0 Å². The van der Waals surface area contributed by atoms with Gasteiger partial charge in [-0.25, -0.2) is 0 Å². The van der Waals surface area contributed by atoms with Gasteiger partial charge in [0, 0.05) is 23.3 Å². The molecule has 18 heavy (non-hydrogen) atoms. The third-order valence-corrected chi connectivity index (χ3v) is 3.46. The van der Waals surface area contributed by atoms with Crippen LogP contribution in [0.15, 0.2) is 47.1 Å². The van der Waals surface area contributed by atoms with E-state index < -0.39 is 0 Å². The second-order valence-corrected chi connectivity index (χ2v) is 5.40. The topological polar surface area (TPSA) is 24.9 Å². The van der Waals surface area contributed by atoms with Gasteiger partial charge in [0.05, 0.1) is 5.69 Å². The number of benzene rings is 1. The summed E-state index contributed by atoms with van der Waals surface area (Å²) in [4.78, 5) is 4.39. The Morgan fingerprint density at radius 1 is 1.17 bits per heavy atom. The molecule has 0 saturated carbocycles. The van der Waals surface area contributed by atoms with Crippen LogP contribution in [-0.4, -0.2) is 4.98 Å². The summed E-state index contributed by atoms with van der Waals surface area (Å²) < 4.78 is 1.11. The number of nitrogens with one attached hydrogen (secondary N) is 1. The predicted molar refractivity (Wildman–Crippen MR) is 78.4 cm³/mol. The standard InChI is InChI=1S/C15H17BrN2/c1-11-3-8-15(18-9-11)10-17-12(2)13-4-6-14(16)7-5-13/h3-9,12,17H,10H2,1-2H3. The van der Waals surface area contributed by atoms with E-state index in [0.717, 1.165) is 16.7 Å². The lowest BCUT2D eigenvalue weighted by Gasteiger charge is -2.14. The van der Waals surface area contributed by atoms with Crippen molar-refractivity contribution in [1.29, 1.82) is 0 Å². The molecule has 1 unspecified atom stereocenters. The molecule has 0 fully saturated rings. The molecule has 2 rings (SSSR count). The fraction of sp³-hybridized carbons (Fsp3) is 0.267. The van der Waals surface area contributed by atoms with Gasteiger partial charge in [0.25, 0.3) is 0 Å². The van der Waals surface area contributed by atoms with Crippen LogP contribution in [0.1, 0.15) is 29.8 Å². The van der Waals surface area contributed by atoms with Crippen molar-refractivity contribution in [2.75, 3.05) is 0 Å². The highest BCUT2D eigenvalue weighted by Crippen LogP contribution is 2.16. The summed E-state index contributed by atoms with van der Waals surface area (Å²) in [6.45, 7) is 5.00. The second kappa shape index (κ2) is 6.12. The van der Waals surface area contributed by atoms with Crippen LogP contribution in [0.5, 0.6) is 0 Å². The second-order valence-electron chi connectivity index (χ2n) is 4.48. The van der Waals surface area contributed by atoms with Crippen molar-refractivity contribution in [2.45, 2.75) is 26.4 Å². The third kappa shape index (κ3) is 3.65. The van der Waals surface area contributed by atoms with Gasteiger partial charge in [0.2, 0.25) is 0 Å². The van der Waals surface area contributed by atoms with Crippen LogP contribution in [-0.2, 0) is 6.54 Å². The Bertz CT molecular complexity index is 491. The van der Waals surface area contributed by atoms with Gasteiger partial charge in [-0.05, 0) is 43.2 Å². The Balaban J connectivity index is 1.93. The first kappa shape index (κ1) is 13.2. The van der Waals surface area contributed by atoms with Crippen molar-refractivity contribution in [3.63, 3.8) is 0 Å². The molecule has 2 nitrogen and oxygen atoms in total. The van der Waals surface area contributed by atoms with E-state index in [2.05, 4.69) is 76.5 Å². The average Bonchev–Trinajstić information content (AvgIpc) is 2.38. The zero-order chi connectivity index (χ0) is 13.0. The van der Waals surface area contributed by atoms with Gasteiger partial charge in [-0.2, -0.15) is 0 Å². The van der Waals surface area contributed by atoms with Crippen LogP contribution in [0.4, 0.5) is 0 Å². The molecule has 0 aliphatic rings. The lowest BCUT2D eigenvalue weighted by molar-refractivity contribution is 0.567. The maximum Gasteiger partial charge on any atom is 0.0542 e. The average molecular weight is 305 g/mol. The van der Waals surface area contributed by atoms with Crippen molar-refractivity contribution >= 4 is 15.9 Å². The summed E-state index contributed by atoms with van der Waals surface area (Å²) in [5, 5.41) is 3.48. The highest BCUT2D eigenvalue weighted by molar-refractivity contribution is 9.10. The summed E-state index contributed by atoms with van der Waals surface area (Å²) in [5.74, 6) is 0. The lowest BCUT2D eigenvalue weighted by atomic mass is 10.1. The molecular formula is C15H17BrN2. The van der Waals surface area contributed by atoms with Crippen LogP contribution in [0.3, 0.4) is 0 Å². The molecule has 1 aromatic heterocycles. The van der Waals surface area contributed by atoms with Gasteiger partial charge in [0.1, 0.15) is 0 Å². The monoisotopic (exact) mass is 304 g/mol. The smallest absolute Gasteiger partial charge is 0.0542 e. The predicted octanol–water partition coefficient (Wildman–Crippen LogP) is 4.00. The van der Waals surface area contributed by atoms with Crippen LogP contribution in [0.25, 0.3) is 0 Å². The van der Waals surface area contributed by atoms with Gasteiger partial charge in [-0.3, -0.25) is 4.98 Å². The molecule has 0 bridgehead atoms. The first-order valence-electron chi connectivity index (χ1n) is 6.05.